The molecule has 3 rings (SSSR count). The molecule has 2 aromatic carbocycles. The molecule has 0 aliphatic heterocycles. The van der Waals surface area contributed by atoms with Crippen LogP contribution in [0.4, 0.5) is 0 Å². The summed E-state index contributed by atoms with van der Waals surface area (Å²) in [5.41, 5.74) is 5.10. The summed E-state index contributed by atoms with van der Waals surface area (Å²) in [6.45, 7) is 5.01. The minimum absolute atomic E-state index is 0.756. The second-order valence-corrected chi connectivity index (χ2v) is 7.28. The fraction of sp³-hybridized carbons (Fsp3) is 0.200. The van der Waals surface area contributed by atoms with E-state index in [1.54, 1.807) is 18.0 Å². The Morgan fingerprint density at radius 1 is 0.958 bits per heavy atom. The minimum Gasteiger partial charge on any atom is -0.307 e. The largest absolute Gasteiger partial charge is 0.307 e. The van der Waals surface area contributed by atoms with E-state index in [0.29, 0.717) is 0 Å². The Labute approximate surface area is 152 Å². The number of hydrogen-bond donors (Lipinski definition) is 0. The Kier molecular flexibility index (Phi) is 5.48. The van der Waals surface area contributed by atoms with E-state index < -0.39 is 0 Å². The maximum atomic E-state index is 5.54. The van der Waals surface area contributed by atoms with Gasteiger partial charge in [0.15, 0.2) is 5.16 Å². The highest BCUT2D eigenvalue weighted by Gasteiger charge is 2.06. The summed E-state index contributed by atoms with van der Waals surface area (Å²) in [5.74, 6) is 0.888. The van der Waals surface area contributed by atoms with Crippen molar-refractivity contribution in [3.05, 3.63) is 87.7 Å². The van der Waals surface area contributed by atoms with E-state index in [1.807, 2.05) is 12.1 Å². The van der Waals surface area contributed by atoms with Gasteiger partial charge in [0.05, 0.1) is 6.54 Å². The number of hydrogen-bond acceptors (Lipinski definition) is 3. The first kappa shape index (κ1) is 16.9. The predicted octanol–water partition coefficient (Wildman–Crippen LogP) is 5.57. The smallest absolute Gasteiger partial charge is 0.169 e. The second kappa shape index (κ2) is 7.77. The molecule has 1 aromatic heterocycles. The van der Waals surface area contributed by atoms with Crippen LogP contribution in [0.25, 0.3) is 0 Å². The van der Waals surface area contributed by atoms with Crippen LogP contribution in [0.1, 0.15) is 22.3 Å². The van der Waals surface area contributed by atoms with Gasteiger partial charge in [-0.05, 0) is 31.0 Å². The fourth-order valence-electron chi connectivity index (χ4n) is 2.74. The number of aryl methyl sites for hydroxylation is 2. The number of nitrogens with zero attached hydrogens (tertiary/aromatic N) is 2. The van der Waals surface area contributed by atoms with Crippen LogP contribution in [-0.2, 0) is 12.3 Å². The molecule has 0 saturated carbocycles. The van der Waals surface area contributed by atoms with Gasteiger partial charge in [0.25, 0.3) is 0 Å². The molecule has 122 valence electrons. The van der Waals surface area contributed by atoms with E-state index in [2.05, 4.69) is 65.9 Å². The molecule has 0 aliphatic rings. The Balaban J connectivity index is 1.86. The average Bonchev–Trinajstić information content (AvgIpc) is 2.55. The summed E-state index contributed by atoms with van der Waals surface area (Å²) in [6, 6.07) is 19.0. The zero-order valence-corrected chi connectivity index (χ0v) is 15.5. The molecular weight excluding hydrogens is 332 g/mol. The van der Waals surface area contributed by atoms with Crippen LogP contribution in [0.3, 0.4) is 0 Å². The maximum Gasteiger partial charge on any atom is 0.169 e. The summed E-state index contributed by atoms with van der Waals surface area (Å²) < 4.78 is 2.94. The highest BCUT2D eigenvalue weighted by atomic mass is 32.2. The van der Waals surface area contributed by atoms with Crippen LogP contribution in [0.2, 0.25) is 0 Å². The summed E-state index contributed by atoms with van der Waals surface area (Å²) in [4.78, 5) is 4.55. The van der Waals surface area contributed by atoms with Gasteiger partial charge >= 0.3 is 0 Å². The van der Waals surface area contributed by atoms with E-state index >= 15 is 0 Å². The van der Waals surface area contributed by atoms with Crippen molar-refractivity contribution in [1.29, 1.82) is 0 Å². The third-order valence-corrected chi connectivity index (χ3v) is 5.15. The normalized spacial score (nSPS) is 10.8. The van der Waals surface area contributed by atoms with E-state index in [9.17, 15) is 0 Å². The molecule has 0 bridgehead atoms. The van der Waals surface area contributed by atoms with Gasteiger partial charge in [-0.1, -0.05) is 83.6 Å². The van der Waals surface area contributed by atoms with Crippen molar-refractivity contribution in [2.75, 3.05) is 0 Å². The first-order valence-corrected chi connectivity index (χ1v) is 9.31. The van der Waals surface area contributed by atoms with Crippen molar-refractivity contribution in [3.8, 4) is 0 Å². The van der Waals surface area contributed by atoms with Crippen molar-refractivity contribution in [1.82, 2.24) is 9.55 Å². The zero-order valence-electron chi connectivity index (χ0n) is 13.9. The molecular formula is C20H20N2S2. The molecule has 0 N–H and O–H groups in total. The highest BCUT2D eigenvalue weighted by molar-refractivity contribution is 7.98. The molecule has 0 saturated heterocycles. The number of rotatable bonds is 5. The van der Waals surface area contributed by atoms with Crippen LogP contribution >= 0.6 is 24.0 Å². The van der Waals surface area contributed by atoms with Crippen LogP contribution in [0.5, 0.6) is 0 Å². The summed E-state index contributed by atoms with van der Waals surface area (Å²) in [6.07, 6.45) is 1.80. The van der Waals surface area contributed by atoms with E-state index in [1.165, 1.54) is 22.3 Å². The lowest BCUT2D eigenvalue weighted by Gasteiger charge is -2.13. The lowest BCUT2D eigenvalue weighted by Crippen LogP contribution is -2.07. The molecule has 0 aliphatic carbocycles. The monoisotopic (exact) mass is 352 g/mol. The Bertz CT molecular complexity index is 865. The average molecular weight is 353 g/mol. The maximum absolute atomic E-state index is 5.54. The van der Waals surface area contributed by atoms with Crippen molar-refractivity contribution >= 4 is 24.0 Å². The fourth-order valence-corrected chi connectivity index (χ4v) is 3.96. The van der Waals surface area contributed by atoms with Crippen molar-refractivity contribution < 1.29 is 0 Å². The molecule has 0 atom stereocenters. The van der Waals surface area contributed by atoms with Gasteiger partial charge in [0.2, 0.25) is 0 Å². The van der Waals surface area contributed by atoms with Crippen molar-refractivity contribution in [2.24, 2.45) is 0 Å². The summed E-state index contributed by atoms with van der Waals surface area (Å²) >= 11 is 7.27. The molecule has 24 heavy (non-hydrogen) atoms. The van der Waals surface area contributed by atoms with Crippen molar-refractivity contribution in [2.45, 2.75) is 31.3 Å². The van der Waals surface area contributed by atoms with Gasteiger partial charge in [-0.25, -0.2) is 4.98 Å². The molecule has 0 amide bonds. The van der Waals surface area contributed by atoms with Crippen LogP contribution in [0.15, 0.2) is 66.0 Å². The van der Waals surface area contributed by atoms with Gasteiger partial charge in [0, 0.05) is 11.9 Å². The standard InChI is InChI=1S/C20H20N2S2/c1-15-10-16(2)12-18(11-15)13-22-19(23)8-9-21-20(22)24-14-17-6-4-3-5-7-17/h3-12H,13-14H2,1-2H3. The third kappa shape index (κ3) is 4.34. The molecule has 3 aromatic rings. The van der Waals surface area contributed by atoms with Crippen molar-refractivity contribution in [3.63, 3.8) is 0 Å². The molecule has 0 radical (unpaired) electrons. The SMILES string of the molecule is Cc1cc(C)cc(Cn2c(SCc3ccccc3)nccc2=S)c1. The topological polar surface area (TPSA) is 17.8 Å². The minimum atomic E-state index is 0.756. The second-order valence-electron chi connectivity index (χ2n) is 5.92. The van der Waals surface area contributed by atoms with Gasteiger partial charge in [0.1, 0.15) is 4.64 Å². The Hall–Kier alpha value is -1.91. The van der Waals surface area contributed by atoms with Gasteiger partial charge in [-0.2, -0.15) is 0 Å². The quantitative estimate of drug-likeness (QED) is 0.340. The highest BCUT2D eigenvalue weighted by Crippen LogP contribution is 2.22. The lowest BCUT2D eigenvalue weighted by molar-refractivity contribution is 0.659. The lowest BCUT2D eigenvalue weighted by atomic mass is 10.1. The zero-order chi connectivity index (χ0) is 16.9. The summed E-state index contributed by atoms with van der Waals surface area (Å²) in [7, 11) is 0. The molecule has 1 heterocycles. The van der Waals surface area contributed by atoms with E-state index in [-0.39, 0.29) is 0 Å². The number of aromatic nitrogens is 2. The Morgan fingerprint density at radius 2 is 1.67 bits per heavy atom. The summed E-state index contributed by atoms with van der Waals surface area (Å²) in [5, 5.41) is 0.963. The molecule has 4 heteroatoms. The van der Waals surface area contributed by atoms with Crippen LogP contribution in [0, 0.1) is 18.5 Å². The predicted molar refractivity (Wildman–Crippen MR) is 104 cm³/mol. The third-order valence-electron chi connectivity index (χ3n) is 3.73. The molecule has 2 nitrogen and oxygen atoms in total. The number of thioether (sulfide) groups is 1. The first-order valence-electron chi connectivity index (χ1n) is 7.91. The van der Waals surface area contributed by atoms with E-state index in [0.717, 1.165) is 22.1 Å². The first-order chi connectivity index (χ1) is 11.6. The van der Waals surface area contributed by atoms with Crippen LogP contribution < -0.4 is 0 Å². The molecule has 0 spiro atoms. The van der Waals surface area contributed by atoms with E-state index in [4.69, 9.17) is 12.2 Å². The van der Waals surface area contributed by atoms with Crippen LogP contribution in [-0.4, -0.2) is 9.55 Å². The van der Waals surface area contributed by atoms with Gasteiger partial charge in [-0.3, -0.25) is 0 Å². The molecule has 0 unspecified atom stereocenters. The molecule has 0 fully saturated rings. The van der Waals surface area contributed by atoms with Gasteiger partial charge < -0.3 is 4.57 Å². The Morgan fingerprint density at radius 3 is 2.38 bits per heavy atom. The van der Waals surface area contributed by atoms with Gasteiger partial charge in [-0.15, -0.1) is 0 Å². The number of benzene rings is 2.